The monoisotopic (exact) mass is 636 g/mol. The van der Waals surface area contributed by atoms with Gasteiger partial charge in [0, 0.05) is 28.9 Å². The van der Waals surface area contributed by atoms with Crippen molar-refractivity contribution in [1.29, 1.82) is 0 Å². The minimum absolute atomic E-state index is 0.126. The Morgan fingerprint density at radius 1 is 1.17 bits per heavy atom. The third kappa shape index (κ3) is 6.06. The number of methoxy groups -OCH3 is 1. The van der Waals surface area contributed by atoms with Crippen LogP contribution in [0, 0.1) is 11.6 Å². The van der Waals surface area contributed by atoms with E-state index in [9.17, 15) is 28.9 Å². The number of aliphatic hydroxyl groups excluding tert-OH is 3. The van der Waals surface area contributed by atoms with Gasteiger partial charge in [-0.3, -0.25) is 4.79 Å². The summed E-state index contributed by atoms with van der Waals surface area (Å²) >= 11 is 3.45. The molecule has 3 aromatic rings. The molecule has 7 atom stereocenters. The van der Waals surface area contributed by atoms with Crippen LogP contribution in [0.25, 0.3) is 11.3 Å². The van der Waals surface area contributed by atoms with E-state index in [0.29, 0.717) is 18.5 Å². The molecule has 0 bridgehead atoms. The van der Waals surface area contributed by atoms with Gasteiger partial charge in [0.05, 0.1) is 24.9 Å². The van der Waals surface area contributed by atoms with Crippen molar-refractivity contribution in [2.24, 2.45) is 0 Å². The number of amides is 1. The highest BCUT2D eigenvalue weighted by molar-refractivity contribution is 9.10. The molecule has 1 aromatic heterocycles. The number of hydrogen-bond acceptors (Lipinski definition) is 8. The molecule has 10 nitrogen and oxygen atoms in total. The van der Waals surface area contributed by atoms with Crippen LogP contribution in [-0.2, 0) is 14.3 Å². The Labute approximate surface area is 243 Å². The van der Waals surface area contributed by atoms with Crippen molar-refractivity contribution in [2.75, 3.05) is 18.6 Å². The summed E-state index contributed by atoms with van der Waals surface area (Å²) in [7, 11) is 1.35. The summed E-state index contributed by atoms with van der Waals surface area (Å²) in [5.41, 5.74) is 0.789. The number of ether oxygens (including phenoxy) is 2. The Bertz CT molecular complexity index is 1360. The summed E-state index contributed by atoms with van der Waals surface area (Å²) < 4.78 is 41.4. The first-order valence-corrected chi connectivity index (χ1v) is 14.1. The molecule has 5 unspecified atom stereocenters. The standard InChI is InChI=1S/C28H31BrF2N4O6/c1-40-26-24(34-13-20(32-33-34)15-9-17(30)12-18(31)10-15)25(38)23(14-36)41-27(26)28(39)35(19-6-4-5-16(29)11-19)21-7-2-3-8-22(21)37/h4-6,9-13,21-27,36-38H,2-3,7-8,14H2,1H3/t21-,22-,23?,24?,25?,26?,27?/m0/s1. The largest absolute Gasteiger partial charge is 0.394 e. The van der Waals surface area contributed by atoms with Gasteiger partial charge in [-0.25, -0.2) is 13.5 Å². The number of rotatable bonds is 7. The Kier molecular flexibility index (Phi) is 9.12. The van der Waals surface area contributed by atoms with Gasteiger partial charge in [-0.2, -0.15) is 0 Å². The summed E-state index contributed by atoms with van der Waals surface area (Å²) in [6.45, 7) is -0.614. The smallest absolute Gasteiger partial charge is 0.259 e. The molecular weight excluding hydrogens is 606 g/mol. The van der Waals surface area contributed by atoms with Crippen LogP contribution in [-0.4, -0.2) is 86.5 Å². The Morgan fingerprint density at radius 3 is 2.56 bits per heavy atom. The molecule has 3 N–H and O–H groups in total. The number of hydrogen-bond donors (Lipinski definition) is 3. The van der Waals surface area contributed by atoms with Crippen molar-refractivity contribution in [3.8, 4) is 11.3 Å². The third-order valence-corrected chi connectivity index (χ3v) is 8.20. The van der Waals surface area contributed by atoms with Gasteiger partial charge in [0.25, 0.3) is 5.91 Å². The van der Waals surface area contributed by atoms with E-state index in [2.05, 4.69) is 26.2 Å². The van der Waals surface area contributed by atoms with Crippen molar-refractivity contribution in [3.63, 3.8) is 0 Å². The molecule has 220 valence electrons. The van der Waals surface area contributed by atoms with E-state index in [1.54, 1.807) is 18.2 Å². The second-order valence-electron chi connectivity index (χ2n) is 10.3. The molecule has 0 spiro atoms. The van der Waals surface area contributed by atoms with Gasteiger partial charge in [0.1, 0.15) is 41.7 Å². The summed E-state index contributed by atoms with van der Waals surface area (Å²) in [6.07, 6.45) is -1.64. The lowest BCUT2D eigenvalue weighted by atomic mass is 9.88. The summed E-state index contributed by atoms with van der Waals surface area (Å²) in [4.78, 5) is 15.9. The predicted octanol–water partition coefficient (Wildman–Crippen LogP) is 3.00. The second-order valence-corrected chi connectivity index (χ2v) is 11.2. The van der Waals surface area contributed by atoms with Crippen molar-refractivity contribution in [1.82, 2.24) is 15.0 Å². The van der Waals surface area contributed by atoms with Crippen molar-refractivity contribution in [2.45, 2.75) is 68.3 Å². The third-order valence-electron chi connectivity index (χ3n) is 7.71. The van der Waals surface area contributed by atoms with Gasteiger partial charge in [0.2, 0.25) is 0 Å². The Balaban J connectivity index is 1.53. The summed E-state index contributed by atoms with van der Waals surface area (Å²) in [6, 6.07) is 8.44. The molecule has 1 aliphatic heterocycles. The van der Waals surface area contributed by atoms with Gasteiger partial charge in [-0.1, -0.05) is 40.1 Å². The molecule has 0 radical (unpaired) electrons. The summed E-state index contributed by atoms with van der Waals surface area (Å²) in [5.74, 6) is -2.11. The molecule has 1 saturated carbocycles. The number of anilines is 1. The van der Waals surface area contributed by atoms with E-state index in [1.165, 1.54) is 22.9 Å². The fraction of sp³-hybridized carbons (Fsp3) is 0.464. The van der Waals surface area contributed by atoms with Crippen LogP contribution in [0.2, 0.25) is 0 Å². The first-order chi connectivity index (χ1) is 19.7. The van der Waals surface area contributed by atoms with Crippen molar-refractivity contribution in [3.05, 3.63) is 64.8 Å². The van der Waals surface area contributed by atoms with Gasteiger partial charge < -0.3 is 29.7 Å². The average molecular weight is 637 g/mol. The molecule has 1 amide bonds. The molecule has 2 heterocycles. The topological polar surface area (TPSA) is 130 Å². The van der Waals surface area contributed by atoms with Crippen LogP contribution < -0.4 is 4.90 Å². The fourth-order valence-electron chi connectivity index (χ4n) is 5.75. The highest BCUT2D eigenvalue weighted by Gasteiger charge is 2.52. The SMILES string of the molecule is COC1C(C(=O)N(c2cccc(Br)c2)[C@H]2CCCC[C@@H]2O)OC(CO)C(O)C1n1cc(-c2cc(F)cc(F)c2)nn1. The fourth-order valence-corrected chi connectivity index (χ4v) is 6.14. The van der Waals surface area contributed by atoms with E-state index in [4.69, 9.17) is 9.47 Å². The second kappa shape index (κ2) is 12.6. The summed E-state index contributed by atoms with van der Waals surface area (Å²) in [5, 5.41) is 40.3. The van der Waals surface area contributed by atoms with E-state index in [1.807, 2.05) is 6.07 Å². The number of carbonyl (C=O) groups excluding carboxylic acids is 1. The van der Waals surface area contributed by atoms with E-state index in [-0.39, 0.29) is 11.3 Å². The van der Waals surface area contributed by atoms with E-state index >= 15 is 0 Å². The molecule has 41 heavy (non-hydrogen) atoms. The molecule has 1 saturated heterocycles. The maximum atomic E-state index is 14.4. The minimum Gasteiger partial charge on any atom is -0.394 e. The number of halogens is 3. The molecule has 5 rings (SSSR count). The Morgan fingerprint density at radius 2 is 1.90 bits per heavy atom. The van der Waals surface area contributed by atoms with Crippen LogP contribution >= 0.6 is 15.9 Å². The number of carbonyl (C=O) groups is 1. The molecule has 2 aliphatic rings. The highest BCUT2D eigenvalue weighted by Crippen LogP contribution is 2.37. The van der Waals surface area contributed by atoms with E-state index < -0.39 is 66.8 Å². The number of aliphatic hydroxyl groups is 3. The molecular formula is C28H31BrF2N4O6. The lowest BCUT2D eigenvalue weighted by Crippen LogP contribution is -2.63. The first-order valence-electron chi connectivity index (χ1n) is 13.3. The average Bonchev–Trinajstić information content (AvgIpc) is 3.43. The van der Waals surface area contributed by atoms with Crippen molar-refractivity contribution < 1.29 is 38.4 Å². The van der Waals surface area contributed by atoms with Gasteiger partial charge >= 0.3 is 0 Å². The van der Waals surface area contributed by atoms with Crippen LogP contribution in [0.3, 0.4) is 0 Å². The molecule has 13 heteroatoms. The zero-order valence-electron chi connectivity index (χ0n) is 22.2. The van der Waals surface area contributed by atoms with Crippen LogP contribution in [0.5, 0.6) is 0 Å². The maximum Gasteiger partial charge on any atom is 0.259 e. The number of benzene rings is 2. The van der Waals surface area contributed by atoms with Crippen LogP contribution in [0.1, 0.15) is 31.7 Å². The van der Waals surface area contributed by atoms with E-state index in [0.717, 1.165) is 35.5 Å². The highest BCUT2D eigenvalue weighted by atomic mass is 79.9. The zero-order chi connectivity index (χ0) is 29.3. The number of nitrogens with zero attached hydrogens (tertiary/aromatic N) is 4. The normalized spacial score (nSPS) is 28.4. The lowest BCUT2D eigenvalue weighted by molar-refractivity contribution is -0.211. The quantitative estimate of drug-likeness (QED) is 0.361. The van der Waals surface area contributed by atoms with Crippen molar-refractivity contribution >= 4 is 27.5 Å². The molecule has 2 fully saturated rings. The first kappa shape index (κ1) is 29.7. The van der Waals surface area contributed by atoms with Crippen LogP contribution in [0.4, 0.5) is 14.5 Å². The van der Waals surface area contributed by atoms with Gasteiger partial charge in [-0.15, -0.1) is 5.10 Å². The van der Waals surface area contributed by atoms with Gasteiger partial charge in [-0.05, 0) is 43.2 Å². The van der Waals surface area contributed by atoms with Gasteiger partial charge in [0.15, 0.2) is 6.10 Å². The van der Waals surface area contributed by atoms with Crippen LogP contribution in [0.15, 0.2) is 53.1 Å². The zero-order valence-corrected chi connectivity index (χ0v) is 23.8. The Hall–Kier alpha value is -2.81. The lowest BCUT2D eigenvalue weighted by Gasteiger charge is -2.46. The number of aromatic nitrogens is 3. The predicted molar refractivity (Wildman–Crippen MR) is 147 cm³/mol. The molecule has 2 aromatic carbocycles. The molecule has 1 aliphatic carbocycles. The minimum atomic E-state index is -1.38. The maximum absolute atomic E-state index is 14.4.